The maximum atomic E-state index is 5.78. The van der Waals surface area contributed by atoms with Gasteiger partial charge in [0.15, 0.2) is 5.82 Å². The van der Waals surface area contributed by atoms with Gasteiger partial charge in [-0.05, 0) is 19.8 Å². The van der Waals surface area contributed by atoms with Crippen molar-refractivity contribution < 1.29 is 0 Å². The molecule has 1 aliphatic rings. The van der Waals surface area contributed by atoms with E-state index in [-0.39, 0.29) is 0 Å². The van der Waals surface area contributed by atoms with Crippen LogP contribution in [0.25, 0.3) is 0 Å². The van der Waals surface area contributed by atoms with Crippen molar-refractivity contribution in [3.63, 3.8) is 0 Å². The highest BCUT2D eigenvalue weighted by atomic mass is 15.2. The van der Waals surface area contributed by atoms with Crippen molar-refractivity contribution in [3.8, 4) is 0 Å². The summed E-state index contributed by atoms with van der Waals surface area (Å²) in [5.74, 6) is 1.85. The molecule has 1 aliphatic carbocycles. The van der Waals surface area contributed by atoms with Crippen molar-refractivity contribution in [2.24, 2.45) is 0 Å². The van der Waals surface area contributed by atoms with Crippen molar-refractivity contribution in [2.75, 3.05) is 5.73 Å². The molecule has 4 heteroatoms. The predicted molar refractivity (Wildman–Crippen MR) is 64.0 cm³/mol. The second-order valence-electron chi connectivity index (χ2n) is 4.68. The van der Waals surface area contributed by atoms with Crippen LogP contribution in [0.3, 0.4) is 0 Å². The summed E-state index contributed by atoms with van der Waals surface area (Å²) < 4.78 is 0. The lowest BCUT2D eigenvalue weighted by Gasteiger charge is -2.18. The molecule has 0 spiro atoms. The molecule has 1 aromatic rings. The number of aryl methyl sites for hydroxylation is 1. The minimum Gasteiger partial charge on any atom is -0.382 e. The second-order valence-corrected chi connectivity index (χ2v) is 4.68. The number of nitrogens with zero attached hydrogens (tertiary/aromatic N) is 3. The van der Waals surface area contributed by atoms with Gasteiger partial charge in [0, 0.05) is 5.92 Å². The van der Waals surface area contributed by atoms with Gasteiger partial charge in [-0.25, -0.2) is 4.98 Å². The Labute approximate surface area is 96.7 Å². The summed E-state index contributed by atoms with van der Waals surface area (Å²) in [5.41, 5.74) is 6.51. The number of anilines is 1. The molecule has 0 saturated heterocycles. The number of aromatic nitrogens is 3. The molecular formula is C12H20N4. The van der Waals surface area contributed by atoms with Crippen LogP contribution in [0.4, 0.5) is 5.82 Å². The number of rotatable bonds is 1. The zero-order valence-corrected chi connectivity index (χ0v) is 9.95. The van der Waals surface area contributed by atoms with Crippen LogP contribution in [-0.4, -0.2) is 15.2 Å². The van der Waals surface area contributed by atoms with Crippen molar-refractivity contribution in [3.05, 3.63) is 11.5 Å². The van der Waals surface area contributed by atoms with Gasteiger partial charge in [0.2, 0.25) is 0 Å². The number of nitrogens with two attached hydrogens (primary N) is 1. The van der Waals surface area contributed by atoms with Crippen molar-refractivity contribution in [1.29, 1.82) is 0 Å². The van der Waals surface area contributed by atoms with Gasteiger partial charge in [-0.3, -0.25) is 0 Å². The highest BCUT2D eigenvalue weighted by Gasteiger charge is 2.17. The van der Waals surface area contributed by atoms with Gasteiger partial charge in [0.05, 0.1) is 0 Å². The first kappa shape index (κ1) is 11.3. The molecule has 16 heavy (non-hydrogen) atoms. The lowest BCUT2D eigenvalue weighted by molar-refractivity contribution is 0.439. The molecule has 0 radical (unpaired) electrons. The van der Waals surface area contributed by atoms with E-state index < -0.39 is 0 Å². The zero-order valence-electron chi connectivity index (χ0n) is 9.95. The standard InChI is InChI=1S/C12H20N4/c1-9-11(13)14-12(16-15-9)10-7-5-3-2-4-6-8-10/h10H,2-8H2,1H3,(H2,13,14,16). The van der Waals surface area contributed by atoms with E-state index in [0.717, 1.165) is 11.5 Å². The van der Waals surface area contributed by atoms with Gasteiger partial charge >= 0.3 is 0 Å². The van der Waals surface area contributed by atoms with E-state index in [2.05, 4.69) is 15.2 Å². The van der Waals surface area contributed by atoms with E-state index in [4.69, 9.17) is 5.73 Å². The number of nitrogen functional groups attached to an aromatic ring is 1. The Morgan fingerprint density at radius 2 is 1.62 bits per heavy atom. The Balaban J connectivity index is 2.11. The number of hydrogen-bond acceptors (Lipinski definition) is 4. The lowest BCUT2D eigenvalue weighted by atomic mass is 9.91. The minimum absolute atomic E-state index is 0.468. The molecule has 0 aromatic carbocycles. The molecule has 0 atom stereocenters. The van der Waals surface area contributed by atoms with Gasteiger partial charge < -0.3 is 5.73 Å². The molecule has 1 heterocycles. The maximum absolute atomic E-state index is 5.78. The van der Waals surface area contributed by atoms with E-state index >= 15 is 0 Å². The van der Waals surface area contributed by atoms with Gasteiger partial charge in [-0.2, -0.15) is 5.10 Å². The normalized spacial score (nSPS) is 19.1. The smallest absolute Gasteiger partial charge is 0.156 e. The third kappa shape index (κ3) is 2.68. The summed E-state index contributed by atoms with van der Waals surface area (Å²) in [7, 11) is 0. The predicted octanol–water partition coefficient (Wildman–Crippen LogP) is 2.59. The molecule has 1 aromatic heterocycles. The molecule has 0 amide bonds. The first-order chi connectivity index (χ1) is 7.77. The third-order valence-electron chi connectivity index (χ3n) is 3.38. The third-order valence-corrected chi connectivity index (χ3v) is 3.38. The highest BCUT2D eigenvalue weighted by Crippen LogP contribution is 2.28. The van der Waals surface area contributed by atoms with Crippen LogP contribution >= 0.6 is 0 Å². The van der Waals surface area contributed by atoms with Gasteiger partial charge in [-0.1, -0.05) is 32.1 Å². The average molecular weight is 220 g/mol. The van der Waals surface area contributed by atoms with Crippen LogP contribution in [-0.2, 0) is 0 Å². The Morgan fingerprint density at radius 3 is 2.25 bits per heavy atom. The van der Waals surface area contributed by atoms with E-state index in [1.165, 1.54) is 44.9 Å². The van der Waals surface area contributed by atoms with Crippen molar-refractivity contribution >= 4 is 5.82 Å². The van der Waals surface area contributed by atoms with Gasteiger partial charge in [-0.15, -0.1) is 5.10 Å². The quantitative estimate of drug-likeness (QED) is 0.790. The van der Waals surface area contributed by atoms with Crippen molar-refractivity contribution in [2.45, 2.75) is 57.8 Å². The molecule has 0 bridgehead atoms. The average Bonchev–Trinajstić information content (AvgIpc) is 2.22. The molecule has 1 saturated carbocycles. The first-order valence-electron chi connectivity index (χ1n) is 6.24. The molecule has 0 unspecified atom stereocenters. The van der Waals surface area contributed by atoms with E-state index in [9.17, 15) is 0 Å². The Hall–Kier alpha value is -1.19. The first-order valence-corrected chi connectivity index (χ1v) is 6.24. The molecule has 1 fully saturated rings. The summed E-state index contributed by atoms with van der Waals surface area (Å²) in [4.78, 5) is 4.37. The number of hydrogen-bond donors (Lipinski definition) is 1. The second kappa shape index (κ2) is 5.23. The van der Waals surface area contributed by atoms with E-state index in [1.807, 2.05) is 6.92 Å². The fourth-order valence-corrected chi connectivity index (χ4v) is 2.29. The summed E-state index contributed by atoms with van der Waals surface area (Å²) in [6.45, 7) is 1.84. The van der Waals surface area contributed by atoms with E-state index in [1.54, 1.807) is 0 Å². The summed E-state index contributed by atoms with van der Waals surface area (Å²) >= 11 is 0. The Morgan fingerprint density at radius 1 is 1.00 bits per heavy atom. The van der Waals surface area contributed by atoms with Gasteiger partial charge in [0.25, 0.3) is 0 Å². The minimum atomic E-state index is 0.468. The van der Waals surface area contributed by atoms with Crippen LogP contribution in [0.2, 0.25) is 0 Å². The summed E-state index contributed by atoms with van der Waals surface area (Å²) in [5, 5.41) is 8.26. The maximum Gasteiger partial charge on any atom is 0.156 e. The van der Waals surface area contributed by atoms with Gasteiger partial charge in [0.1, 0.15) is 11.5 Å². The van der Waals surface area contributed by atoms with Crippen LogP contribution < -0.4 is 5.73 Å². The summed E-state index contributed by atoms with van der Waals surface area (Å²) in [6.07, 6.45) is 8.98. The van der Waals surface area contributed by atoms with Crippen LogP contribution in [0.1, 0.15) is 62.4 Å². The monoisotopic (exact) mass is 220 g/mol. The van der Waals surface area contributed by atoms with Crippen LogP contribution in [0, 0.1) is 6.92 Å². The largest absolute Gasteiger partial charge is 0.382 e. The molecule has 4 nitrogen and oxygen atoms in total. The summed E-state index contributed by atoms with van der Waals surface area (Å²) in [6, 6.07) is 0. The topological polar surface area (TPSA) is 64.7 Å². The molecule has 88 valence electrons. The Bertz CT molecular complexity index is 343. The SMILES string of the molecule is Cc1nnc(C2CCCCCCC2)nc1N. The van der Waals surface area contributed by atoms with Crippen LogP contribution in [0.15, 0.2) is 0 Å². The molecule has 2 N–H and O–H groups in total. The fourth-order valence-electron chi connectivity index (χ4n) is 2.29. The molecular weight excluding hydrogens is 200 g/mol. The van der Waals surface area contributed by atoms with E-state index in [0.29, 0.717) is 11.7 Å². The molecule has 2 rings (SSSR count). The zero-order chi connectivity index (χ0) is 11.4. The van der Waals surface area contributed by atoms with Crippen molar-refractivity contribution in [1.82, 2.24) is 15.2 Å². The highest BCUT2D eigenvalue weighted by molar-refractivity contribution is 5.31. The Kier molecular flexibility index (Phi) is 3.70. The fraction of sp³-hybridized carbons (Fsp3) is 0.750. The lowest BCUT2D eigenvalue weighted by Crippen LogP contribution is -2.11. The molecule has 0 aliphatic heterocycles. The van der Waals surface area contributed by atoms with Crippen LogP contribution in [0.5, 0.6) is 0 Å².